The van der Waals surface area contributed by atoms with E-state index in [9.17, 15) is 14.0 Å². The summed E-state index contributed by atoms with van der Waals surface area (Å²) in [4.78, 5) is 32.5. The molecule has 0 spiro atoms. The Morgan fingerprint density at radius 1 is 0.943 bits per heavy atom. The molecule has 0 saturated heterocycles. The van der Waals surface area contributed by atoms with Crippen molar-refractivity contribution in [3.8, 4) is 11.3 Å². The van der Waals surface area contributed by atoms with Crippen LogP contribution in [0.2, 0.25) is 0 Å². The fourth-order valence-electron chi connectivity index (χ4n) is 4.83. The summed E-state index contributed by atoms with van der Waals surface area (Å²) in [5, 5.41) is 3.19. The summed E-state index contributed by atoms with van der Waals surface area (Å²) in [5.41, 5.74) is 2.10. The van der Waals surface area contributed by atoms with Crippen LogP contribution in [-0.2, 0) is 4.79 Å². The minimum atomic E-state index is -0.895. The van der Waals surface area contributed by atoms with Gasteiger partial charge in [-0.05, 0) is 69.0 Å². The van der Waals surface area contributed by atoms with Gasteiger partial charge in [-0.3, -0.25) is 9.59 Å². The molecule has 0 aliphatic heterocycles. The van der Waals surface area contributed by atoms with Crippen molar-refractivity contribution in [1.29, 1.82) is 0 Å². The van der Waals surface area contributed by atoms with Crippen LogP contribution < -0.4 is 5.32 Å². The molecule has 1 aliphatic rings. The van der Waals surface area contributed by atoms with E-state index in [0.29, 0.717) is 11.3 Å². The first-order chi connectivity index (χ1) is 16.7. The highest BCUT2D eigenvalue weighted by Gasteiger charge is 2.40. The van der Waals surface area contributed by atoms with Crippen molar-refractivity contribution in [2.45, 2.75) is 70.5 Å². The highest BCUT2D eigenvalue weighted by Crippen LogP contribution is 2.32. The molecule has 0 bridgehead atoms. The van der Waals surface area contributed by atoms with Crippen LogP contribution in [0.1, 0.15) is 75.0 Å². The van der Waals surface area contributed by atoms with Crippen molar-refractivity contribution in [2.75, 3.05) is 0 Å². The van der Waals surface area contributed by atoms with Gasteiger partial charge >= 0.3 is 0 Å². The fourth-order valence-corrected chi connectivity index (χ4v) is 4.83. The number of aromatic nitrogens is 1. The van der Waals surface area contributed by atoms with Gasteiger partial charge in [0.05, 0.1) is 0 Å². The highest BCUT2D eigenvalue weighted by molar-refractivity contribution is 5.98. The Kier molecular flexibility index (Phi) is 7.39. The number of nitrogens with one attached hydrogen (secondary N) is 2. The number of rotatable bonds is 6. The van der Waals surface area contributed by atoms with Gasteiger partial charge in [-0.15, -0.1) is 0 Å². The zero-order valence-electron chi connectivity index (χ0n) is 20.7. The average molecular weight is 476 g/mol. The van der Waals surface area contributed by atoms with Gasteiger partial charge in [0.1, 0.15) is 17.6 Å². The van der Waals surface area contributed by atoms with E-state index in [2.05, 4.69) is 10.3 Å². The first kappa shape index (κ1) is 24.7. The molecule has 1 saturated carbocycles. The number of H-pyrrole nitrogens is 1. The molecule has 5 nitrogen and oxygen atoms in total. The molecule has 2 N–H and O–H groups in total. The molecule has 1 aromatic heterocycles. The van der Waals surface area contributed by atoms with Crippen LogP contribution in [0, 0.1) is 5.82 Å². The molecule has 1 unspecified atom stereocenters. The number of halogens is 1. The number of aromatic amines is 1. The third-order valence-electron chi connectivity index (χ3n) is 6.59. The topological polar surface area (TPSA) is 65.2 Å². The zero-order valence-corrected chi connectivity index (χ0v) is 20.7. The summed E-state index contributed by atoms with van der Waals surface area (Å²) >= 11 is 0. The number of hydrogen-bond acceptors (Lipinski definition) is 2. The van der Waals surface area contributed by atoms with Gasteiger partial charge in [0.15, 0.2) is 0 Å². The molecule has 0 radical (unpaired) electrons. The van der Waals surface area contributed by atoms with Crippen molar-refractivity contribution in [3.05, 3.63) is 83.8 Å². The monoisotopic (exact) mass is 475 g/mol. The Morgan fingerprint density at radius 3 is 2.23 bits per heavy atom. The lowest BCUT2D eigenvalue weighted by molar-refractivity contribution is -0.128. The highest BCUT2D eigenvalue weighted by atomic mass is 19.1. The van der Waals surface area contributed by atoms with Crippen LogP contribution in [0.15, 0.2) is 66.7 Å². The Labute approximate surface area is 206 Å². The Morgan fingerprint density at radius 2 is 1.60 bits per heavy atom. The molecular formula is C29H34FN3O2. The van der Waals surface area contributed by atoms with Crippen LogP contribution in [0.3, 0.4) is 0 Å². The fraction of sp³-hybridized carbons (Fsp3) is 0.379. The van der Waals surface area contributed by atoms with Crippen LogP contribution in [0.4, 0.5) is 4.39 Å². The number of hydrogen-bond donors (Lipinski definition) is 2. The van der Waals surface area contributed by atoms with Crippen molar-refractivity contribution >= 4 is 11.8 Å². The molecular weight excluding hydrogens is 441 g/mol. The average Bonchev–Trinajstić information content (AvgIpc) is 3.34. The zero-order chi connectivity index (χ0) is 25.0. The maximum Gasteiger partial charge on any atom is 0.271 e. The first-order valence-corrected chi connectivity index (χ1v) is 12.4. The van der Waals surface area contributed by atoms with Crippen molar-refractivity contribution in [1.82, 2.24) is 15.2 Å². The van der Waals surface area contributed by atoms with Crippen molar-refractivity contribution < 1.29 is 14.0 Å². The third-order valence-corrected chi connectivity index (χ3v) is 6.59. The summed E-state index contributed by atoms with van der Waals surface area (Å²) in [6.07, 6.45) is 5.21. The SMILES string of the molecule is CC(C)(C)N(C(=O)c1ccc(-c2ccccc2)[nH]1)C(C(=O)NC1CCCCC1)c1ccc(F)cc1. The summed E-state index contributed by atoms with van der Waals surface area (Å²) in [6.45, 7) is 5.74. The normalized spacial score (nSPS) is 15.4. The van der Waals surface area contributed by atoms with Gasteiger partial charge in [0.2, 0.25) is 5.91 Å². The molecule has 1 atom stereocenters. The van der Waals surface area contributed by atoms with E-state index in [-0.39, 0.29) is 23.7 Å². The summed E-state index contributed by atoms with van der Waals surface area (Å²) < 4.78 is 13.8. The molecule has 3 aromatic rings. The lowest BCUT2D eigenvalue weighted by Gasteiger charge is -2.41. The second-order valence-electron chi connectivity index (χ2n) is 10.3. The van der Waals surface area contributed by atoms with Gasteiger partial charge in [0.25, 0.3) is 5.91 Å². The molecule has 1 heterocycles. The number of benzene rings is 2. The lowest BCUT2D eigenvalue weighted by atomic mass is 9.93. The standard InChI is InChI=1S/C29H34FN3O2/c1-29(2,3)33(28(35)25-19-18-24(32-25)20-10-6-4-7-11-20)26(21-14-16-22(30)17-15-21)27(34)31-23-12-8-5-9-13-23/h4,6-7,10-11,14-19,23,26,32H,5,8-9,12-13H2,1-3H3,(H,31,34). The van der Waals surface area contributed by atoms with E-state index in [1.165, 1.54) is 18.6 Å². The van der Waals surface area contributed by atoms with Gasteiger partial charge in [-0.2, -0.15) is 0 Å². The molecule has 2 aromatic carbocycles. The van der Waals surface area contributed by atoms with Gasteiger partial charge in [0, 0.05) is 17.3 Å². The van der Waals surface area contributed by atoms with Gasteiger partial charge in [-0.25, -0.2) is 4.39 Å². The van der Waals surface area contributed by atoms with E-state index < -0.39 is 11.6 Å². The quantitative estimate of drug-likeness (QED) is 0.442. The number of carbonyl (C=O) groups excluding carboxylic acids is 2. The van der Waals surface area contributed by atoms with Crippen LogP contribution in [0.25, 0.3) is 11.3 Å². The Balaban J connectivity index is 1.71. The van der Waals surface area contributed by atoms with E-state index in [4.69, 9.17) is 0 Å². The molecule has 2 amide bonds. The largest absolute Gasteiger partial charge is 0.351 e. The molecule has 1 fully saturated rings. The van der Waals surface area contributed by atoms with E-state index in [0.717, 1.165) is 36.9 Å². The lowest BCUT2D eigenvalue weighted by Crippen LogP contribution is -2.53. The first-order valence-electron chi connectivity index (χ1n) is 12.4. The minimum Gasteiger partial charge on any atom is -0.351 e. The second-order valence-corrected chi connectivity index (χ2v) is 10.3. The maximum absolute atomic E-state index is 14.0. The second kappa shape index (κ2) is 10.5. The summed E-state index contributed by atoms with van der Waals surface area (Å²) in [5.74, 6) is -0.903. The van der Waals surface area contributed by atoms with Gasteiger partial charge < -0.3 is 15.2 Å². The smallest absolute Gasteiger partial charge is 0.271 e. The summed E-state index contributed by atoms with van der Waals surface area (Å²) in [6, 6.07) is 18.5. The molecule has 35 heavy (non-hydrogen) atoms. The molecule has 4 rings (SSSR count). The predicted octanol–water partition coefficient (Wildman–Crippen LogP) is 6.25. The third kappa shape index (κ3) is 5.81. The van der Waals surface area contributed by atoms with Crippen LogP contribution >= 0.6 is 0 Å². The molecule has 6 heteroatoms. The van der Waals surface area contributed by atoms with Gasteiger partial charge in [-0.1, -0.05) is 61.7 Å². The summed E-state index contributed by atoms with van der Waals surface area (Å²) in [7, 11) is 0. The number of nitrogens with zero attached hydrogens (tertiary/aromatic N) is 1. The number of carbonyl (C=O) groups is 2. The van der Waals surface area contributed by atoms with Crippen molar-refractivity contribution in [2.24, 2.45) is 0 Å². The minimum absolute atomic E-state index is 0.0892. The molecule has 1 aliphatic carbocycles. The van der Waals surface area contributed by atoms with E-state index in [1.807, 2.05) is 57.2 Å². The van der Waals surface area contributed by atoms with E-state index in [1.54, 1.807) is 23.1 Å². The molecule has 184 valence electrons. The Bertz CT molecular complexity index is 1140. The predicted molar refractivity (Wildman–Crippen MR) is 136 cm³/mol. The van der Waals surface area contributed by atoms with Crippen LogP contribution in [0.5, 0.6) is 0 Å². The van der Waals surface area contributed by atoms with Crippen molar-refractivity contribution in [3.63, 3.8) is 0 Å². The van der Waals surface area contributed by atoms with E-state index >= 15 is 0 Å². The maximum atomic E-state index is 14.0. The van der Waals surface area contributed by atoms with Crippen LogP contribution in [-0.4, -0.2) is 33.3 Å². The Hall–Kier alpha value is -3.41. The number of amides is 2.